The molecule has 1 aromatic rings. The van der Waals surface area contributed by atoms with Crippen molar-refractivity contribution in [3.63, 3.8) is 0 Å². The van der Waals surface area contributed by atoms with Crippen LogP contribution in [0.25, 0.3) is 0 Å². The number of carbonyl (C=O) groups is 1. The van der Waals surface area contributed by atoms with Crippen molar-refractivity contribution < 1.29 is 13.6 Å². The van der Waals surface area contributed by atoms with Crippen LogP contribution in [-0.4, -0.2) is 11.9 Å². The minimum Gasteiger partial charge on any atom is -0.396 e. The molecule has 3 N–H and O–H groups in total. The van der Waals surface area contributed by atoms with Crippen LogP contribution in [0.15, 0.2) is 12.1 Å². The highest BCUT2D eigenvalue weighted by molar-refractivity contribution is 5.95. The maximum Gasteiger partial charge on any atom is 0.257 e. The molecule has 0 fully saturated rings. The van der Waals surface area contributed by atoms with E-state index < -0.39 is 23.1 Å². The maximum atomic E-state index is 13.5. The topological polar surface area (TPSA) is 55.1 Å². The van der Waals surface area contributed by atoms with E-state index in [1.807, 2.05) is 13.8 Å². The van der Waals surface area contributed by atoms with Crippen LogP contribution in [0.4, 0.5) is 14.5 Å². The number of halogens is 2. The van der Waals surface area contributed by atoms with E-state index in [0.29, 0.717) is 0 Å². The van der Waals surface area contributed by atoms with Crippen LogP contribution in [0.1, 0.15) is 31.1 Å². The molecule has 0 aromatic heterocycles. The lowest BCUT2D eigenvalue weighted by atomic mass is 10.1. The zero-order chi connectivity index (χ0) is 13.2. The van der Waals surface area contributed by atoms with Gasteiger partial charge in [-0.15, -0.1) is 0 Å². The van der Waals surface area contributed by atoms with Gasteiger partial charge in [0.05, 0.1) is 5.69 Å². The molecular weight excluding hydrogens is 226 g/mol. The van der Waals surface area contributed by atoms with E-state index in [1.165, 1.54) is 0 Å². The molecule has 0 aliphatic carbocycles. The zero-order valence-electron chi connectivity index (χ0n) is 10.1. The highest BCUT2D eigenvalue weighted by Crippen LogP contribution is 2.18. The fourth-order valence-corrected chi connectivity index (χ4v) is 1.22. The summed E-state index contributed by atoms with van der Waals surface area (Å²) in [6, 6.07) is 1.89. The third kappa shape index (κ3) is 2.93. The number of anilines is 1. The Hall–Kier alpha value is -1.65. The first-order chi connectivity index (χ1) is 7.84. The Morgan fingerprint density at radius 1 is 1.29 bits per heavy atom. The van der Waals surface area contributed by atoms with E-state index in [2.05, 4.69) is 5.32 Å². The molecule has 17 heavy (non-hydrogen) atoms. The van der Waals surface area contributed by atoms with Crippen molar-refractivity contribution in [3.05, 3.63) is 29.3 Å². The largest absolute Gasteiger partial charge is 0.396 e. The summed E-state index contributed by atoms with van der Waals surface area (Å²) in [7, 11) is 0. The second-order valence-electron chi connectivity index (χ2n) is 4.33. The number of benzene rings is 1. The molecular formula is C12H16F2N2O. The fourth-order valence-electron chi connectivity index (χ4n) is 1.22. The van der Waals surface area contributed by atoms with E-state index >= 15 is 0 Å². The van der Waals surface area contributed by atoms with Gasteiger partial charge in [-0.1, -0.05) is 13.8 Å². The molecule has 0 saturated heterocycles. The molecule has 0 radical (unpaired) electrons. The van der Waals surface area contributed by atoms with Crippen LogP contribution >= 0.6 is 0 Å². The molecule has 1 aromatic carbocycles. The third-order valence-corrected chi connectivity index (χ3v) is 2.71. The van der Waals surface area contributed by atoms with Crippen LogP contribution in [0.2, 0.25) is 0 Å². The predicted molar refractivity (Wildman–Crippen MR) is 62.5 cm³/mol. The normalized spacial score (nSPS) is 12.6. The summed E-state index contributed by atoms with van der Waals surface area (Å²) in [5.74, 6) is -2.54. The van der Waals surface area contributed by atoms with Crippen LogP contribution < -0.4 is 11.1 Å². The van der Waals surface area contributed by atoms with Gasteiger partial charge in [0, 0.05) is 6.04 Å². The van der Waals surface area contributed by atoms with Crippen molar-refractivity contribution >= 4 is 11.6 Å². The molecule has 1 amide bonds. The van der Waals surface area contributed by atoms with Crippen LogP contribution in [0.5, 0.6) is 0 Å². The minimum atomic E-state index is -1.02. The lowest BCUT2D eigenvalue weighted by Gasteiger charge is -2.18. The van der Waals surface area contributed by atoms with Gasteiger partial charge in [-0.05, 0) is 25.0 Å². The Balaban J connectivity index is 3.01. The van der Waals surface area contributed by atoms with Crippen LogP contribution in [0, 0.1) is 17.6 Å². The quantitative estimate of drug-likeness (QED) is 0.799. The second-order valence-corrected chi connectivity index (χ2v) is 4.33. The van der Waals surface area contributed by atoms with Gasteiger partial charge in [0.2, 0.25) is 0 Å². The highest BCUT2D eigenvalue weighted by Gasteiger charge is 2.21. The molecule has 94 valence electrons. The van der Waals surface area contributed by atoms with Crippen LogP contribution in [0.3, 0.4) is 0 Å². The minimum absolute atomic E-state index is 0.172. The summed E-state index contributed by atoms with van der Waals surface area (Å²) < 4.78 is 26.9. The van der Waals surface area contributed by atoms with Gasteiger partial charge in [0.25, 0.3) is 5.91 Å². The van der Waals surface area contributed by atoms with Gasteiger partial charge in [0.15, 0.2) is 5.82 Å². The van der Waals surface area contributed by atoms with Crippen molar-refractivity contribution in [2.45, 2.75) is 26.8 Å². The number of carbonyl (C=O) groups excluding carboxylic acids is 1. The molecule has 0 spiro atoms. The van der Waals surface area contributed by atoms with Gasteiger partial charge < -0.3 is 11.1 Å². The molecule has 1 rings (SSSR count). The Kier molecular flexibility index (Phi) is 4.04. The Morgan fingerprint density at radius 2 is 1.88 bits per heavy atom. The van der Waals surface area contributed by atoms with Crippen molar-refractivity contribution in [2.24, 2.45) is 5.92 Å². The number of hydrogen-bond donors (Lipinski definition) is 2. The molecule has 1 atom stereocenters. The van der Waals surface area contributed by atoms with Crippen molar-refractivity contribution in [1.29, 1.82) is 0 Å². The maximum absolute atomic E-state index is 13.5. The monoisotopic (exact) mass is 242 g/mol. The Labute approximate surface area is 99.0 Å². The first kappa shape index (κ1) is 13.4. The van der Waals surface area contributed by atoms with Gasteiger partial charge >= 0.3 is 0 Å². The zero-order valence-corrected chi connectivity index (χ0v) is 10.1. The van der Waals surface area contributed by atoms with E-state index in [9.17, 15) is 13.6 Å². The summed E-state index contributed by atoms with van der Waals surface area (Å²) in [6.45, 7) is 5.57. The third-order valence-electron chi connectivity index (χ3n) is 2.71. The summed E-state index contributed by atoms with van der Waals surface area (Å²) in [6.07, 6.45) is 0. The van der Waals surface area contributed by atoms with E-state index in [4.69, 9.17) is 5.73 Å². The highest BCUT2D eigenvalue weighted by atomic mass is 19.1. The van der Waals surface area contributed by atoms with Crippen molar-refractivity contribution in [1.82, 2.24) is 5.32 Å². The molecule has 0 bridgehead atoms. The standard InChI is InChI=1S/C12H16F2N2O/c1-6(2)7(3)16-12(17)10-8(13)4-5-9(15)11(10)14/h4-7H,15H2,1-3H3,(H,16,17). The molecule has 3 nitrogen and oxygen atoms in total. The predicted octanol–water partition coefficient (Wildman–Crippen LogP) is 2.32. The number of hydrogen-bond acceptors (Lipinski definition) is 2. The van der Waals surface area contributed by atoms with Gasteiger partial charge in [0.1, 0.15) is 11.4 Å². The van der Waals surface area contributed by atoms with Gasteiger partial charge in [-0.3, -0.25) is 4.79 Å². The van der Waals surface area contributed by atoms with E-state index in [-0.39, 0.29) is 17.6 Å². The molecule has 0 aliphatic rings. The SMILES string of the molecule is CC(C)C(C)NC(=O)c1c(F)ccc(N)c1F. The number of amides is 1. The molecule has 0 aliphatic heterocycles. The number of nitrogens with two attached hydrogens (primary N) is 1. The van der Waals surface area contributed by atoms with Gasteiger partial charge in [-0.2, -0.15) is 0 Å². The fraction of sp³-hybridized carbons (Fsp3) is 0.417. The molecule has 1 unspecified atom stereocenters. The number of nitrogens with one attached hydrogen (secondary N) is 1. The average molecular weight is 242 g/mol. The van der Waals surface area contributed by atoms with E-state index in [1.54, 1.807) is 6.92 Å². The van der Waals surface area contributed by atoms with E-state index in [0.717, 1.165) is 12.1 Å². The molecule has 0 heterocycles. The average Bonchev–Trinajstić information content (AvgIpc) is 2.24. The van der Waals surface area contributed by atoms with Gasteiger partial charge in [-0.25, -0.2) is 8.78 Å². The lowest BCUT2D eigenvalue weighted by molar-refractivity contribution is 0.0922. The Bertz CT molecular complexity index is 433. The summed E-state index contributed by atoms with van der Waals surface area (Å²) in [5, 5.41) is 2.53. The Morgan fingerprint density at radius 3 is 2.41 bits per heavy atom. The molecule has 5 heteroatoms. The van der Waals surface area contributed by atoms with Crippen molar-refractivity contribution in [2.75, 3.05) is 5.73 Å². The lowest BCUT2D eigenvalue weighted by Crippen LogP contribution is -2.37. The van der Waals surface area contributed by atoms with Crippen LogP contribution in [-0.2, 0) is 0 Å². The number of nitrogen functional groups attached to an aromatic ring is 1. The molecule has 0 saturated carbocycles. The first-order valence-electron chi connectivity index (χ1n) is 5.39. The summed E-state index contributed by atoms with van der Waals surface area (Å²) >= 11 is 0. The number of rotatable bonds is 3. The van der Waals surface area contributed by atoms with Crippen molar-refractivity contribution in [3.8, 4) is 0 Å². The second kappa shape index (κ2) is 5.12. The first-order valence-corrected chi connectivity index (χ1v) is 5.39. The smallest absolute Gasteiger partial charge is 0.257 e. The summed E-state index contributed by atoms with van der Waals surface area (Å²) in [4.78, 5) is 11.7. The summed E-state index contributed by atoms with van der Waals surface area (Å²) in [5.41, 5.74) is 4.43.